The number of hydrogen-bond donors (Lipinski definition) is 1. The van der Waals surface area contributed by atoms with Gasteiger partial charge >= 0.3 is 0 Å². The second kappa shape index (κ2) is 3.92. The van der Waals surface area contributed by atoms with E-state index in [4.69, 9.17) is 5.73 Å². The average Bonchev–Trinajstić information content (AvgIpc) is 2.58. The van der Waals surface area contributed by atoms with Crippen molar-refractivity contribution < 1.29 is 0 Å². The van der Waals surface area contributed by atoms with E-state index in [1.54, 1.807) is 0 Å². The minimum absolute atomic E-state index is 0.226. The van der Waals surface area contributed by atoms with Gasteiger partial charge in [0.05, 0.1) is 0 Å². The second-order valence-electron chi connectivity index (χ2n) is 6.03. The first-order valence-electron chi connectivity index (χ1n) is 6.40. The molecule has 1 heterocycles. The van der Waals surface area contributed by atoms with Crippen LogP contribution < -0.4 is 5.73 Å². The maximum Gasteiger partial charge on any atom is 0.0318 e. The van der Waals surface area contributed by atoms with Crippen molar-refractivity contribution in [2.75, 3.05) is 0 Å². The molecule has 2 heteroatoms. The molecule has 0 spiro atoms. The molecular weight excluding hydrogens is 196 g/mol. The number of fused-ring (bicyclic) bond motifs is 1. The standard InChI is InChI=1S/C14H24N2/c1-5-10(2)16-7-6-11-12(15)8-14(3,4)9-13(11)16/h6-7,10,12H,5,8-9,15H2,1-4H3. The first-order chi connectivity index (χ1) is 7.44. The van der Waals surface area contributed by atoms with Crippen LogP contribution in [0.15, 0.2) is 12.3 Å². The molecule has 1 aromatic heterocycles. The van der Waals surface area contributed by atoms with Gasteiger partial charge in [0.25, 0.3) is 0 Å². The van der Waals surface area contributed by atoms with Crippen LogP contribution in [0, 0.1) is 5.41 Å². The van der Waals surface area contributed by atoms with E-state index in [0.717, 1.165) is 12.8 Å². The highest BCUT2D eigenvalue weighted by Crippen LogP contribution is 2.40. The Morgan fingerprint density at radius 2 is 2.25 bits per heavy atom. The van der Waals surface area contributed by atoms with Crippen LogP contribution >= 0.6 is 0 Å². The Morgan fingerprint density at radius 3 is 2.88 bits per heavy atom. The van der Waals surface area contributed by atoms with Crippen molar-refractivity contribution in [1.29, 1.82) is 0 Å². The summed E-state index contributed by atoms with van der Waals surface area (Å²) < 4.78 is 2.43. The zero-order chi connectivity index (χ0) is 11.9. The largest absolute Gasteiger partial charge is 0.348 e. The van der Waals surface area contributed by atoms with Crippen LogP contribution in [0.3, 0.4) is 0 Å². The monoisotopic (exact) mass is 220 g/mol. The molecule has 0 bridgehead atoms. The SMILES string of the molecule is CCC(C)n1ccc2c1CC(C)(C)CC2N. The summed E-state index contributed by atoms with van der Waals surface area (Å²) in [4.78, 5) is 0. The van der Waals surface area contributed by atoms with Crippen molar-refractivity contribution >= 4 is 0 Å². The van der Waals surface area contributed by atoms with Crippen molar-refractivity contribution in [2.45, 2.75) is 59.0 Å². The molecule has 2 N–H and O–H groups in total. The molecule has 0 saturated heterocycles. The lowest BCUT2D eigenvalue weighted by Gasteiger charge is -2.35. The predicted octanol–water partition coefficient (Wildman–Crippen LogP) is 3.43. The van der Waals surface area contributed by atoms with Crippen LogP contribution in [0.25, 0.3) is 0 Å². The first kappa shape index (κ1) is 11.7. The number of rotatable bonds is 2. The minimum Gasteiger partial charge on any atom is -0.348 e. The van der Waals surface area contributed by atoms with Gasteiger partial charge in [-0.15, -0.1) is 0 Å². The fraction of sp³-hybridized carbons (Fsp3) is 0.714. The molecule has 1 aromatic rings. The number of nitrogens with zero attached hydrogens (tertiary/aromatic N) is 1. The van der Waals surface area contributed by atoms with Gasteiger partial charge in [-0.1, -0.05) is 20.8 Å². The van der Waals surface area contributed by atoms with Gasteiger partial charge in [-0.2, -0.15) is 0 Å². The average molecular weight is 220 g/mol. The molecule has 2 unspecified atom stereocenters. The van der Waals surface area contributed by atoms with Crippen molar-refractivity contribution in [3.8, 4) is 0 Å². The molecule has 2 atom stereocenters. The molecule has 90 valence electrons. The Balaban J connectivity index is 2.41. The van der Waals surface area contributed by atoms with Crippen molar-refractivity contribution in [3.63, 3.8) is 0 Å². The zero-order valence-corrected chi connectivity index (χ0v) is 11.0. The van der Waals surface area contributed by atoms with Gasteiger partial charge in [0, 0.05) is 24.0 Å². The van der Waals surface area contributed by atoms with Crippen LogP contribution in [0.1, 0.15) is 63.9 Å². The van der Waals surface area contributed by atoms with Crippen LogP contribution in [-0.2, 0) is 6.42 Å². The van der Waals surface area contributed by atoms with Crippen LogP contribution in [0.4, 0.5) is 0 Å². The first-order valence-corrected chi connectivity index (χ1v) is 6.40. The predicted molar refractivity (Wildman–Crippen MR) is 68.5 cm³/mol. The second-order valence-corrected chi connectivity index (χ2v) is 6.03. The lowest BCUT2D eigenvalue weighted by atomic mass is 9.74. The van der Waals surface area contributed by atoms with E-state index in [-0.39, 0.29) is 6.04 Å². The molecule has 0 fully saturated rings. The van der Waals surface area contributed by atoms with Gasteiger partial charge in [0.1, 0.15) is 0 Å². The highest BCUT2D eigenvalue weighted by molar-refractivity contribution is 5.30. The molecule has 1 aliphatic rings. The van der Waals surface area contributed by atoms with Crippen LogP contribution in [-0.4, -0.2) is 4.57 Å². The Bertz CT molecular complexity index is 376. The summed E-state index contributed by atoms with van der Waals surface area (Å²) in [7, 11) is 0. The highest BCUT2D eigenvalue weighted by Gasteiger charge is 2.32. The van der Waals surface area contributed by atoms with Gasteiger partial charge in [-0.3, -0.25) is 0 Å². The van der Waals surface area contributed by atoms with Crippen LogP contribution in [0.2, 0.25) is 0 Å². The summed E-state index contributed by atoms with van der Waals surface area (Å²) in [5.41, 5.74) is 9.45. The van der Waals surface area contributed by atoms with E-state index in [1.807, 2.05) is 0 Å². The van der Waals surface area contributed by atoms with E-state index in [2.05, 4.69) is 44.5 Å². The van der Waals surface area contributed by atoms with Crippen molar-refractivity contribution in [2.24, 2.45) is 11.1 Å². The fourth-order valence-electron chi connectivity index (χ4n) is 2.87. The van der Waals surface area contributed by atoms with E-state index in [0.29, 0.717) is 11.5 Å². The van der Waals surface area contributed by atoms with Gasteiger partial charge in [-0.05, 0) is 43.2 Å². The molecule has 0 aliphatic heterocycles. The summed E-state index contributed by atoms with van der Waals surface area (Å²) >= 11 is 0. The third-order valence-corrected chi connectivity index (χ3v) is 3.94. The fourth-order valence-corrected chi connectivity index (χ4v) is 2.87. The quantitative estimate of drug-likeness (QED) is 0.813. The number of aromatic nitrogens is 1. The maximum absolute atomic E-state index is 6.26. The van der Waals surface area contributed by atoms with E-state index in [1.165, 1.54) is 17.7 Å². The molecule has 0 aromatic carbocycles. The summed E-state index contributed by atoms with van der Waals surface area (Å²) in [6.07, 6.45) is 5.66. The highest BCUT2D eigenvalue weighted by atomic mass is 15.0. The summed E-state index contributed by atoms with van der Waals surface area (Å²) in [6, 6.07) is 3.04. The topological polar surface area (TPSA) is 30.9 Å². The van der Waals surface area contributed by atoms with Crippen LogP contribution in [0.5, 0.6) is 0 Å². The Morgan fingerprint density at radius 1 is 1.56 bits per heavy atom. The molecule has 1 aliphatic carbocycles. The zero-order valence-electron chi connectivity index (χ0n) is 11.0. The minimum atomic E-state index is 0.226. The molecule has 2 rings (SSSR count). The molecule has 16 heavy (non-hydrogen) atoms. The third kappa shape index (κ3) is 1.91. The molecule has 0 saturated carbocycles. The van der Waals surface area contributed by atoms with Crippen molar-refractivity contribution in [3.05, 3.63) is 23.5 Å². The number of nitrogens with two attached hydrogens (primary N) is 1. The smallest absolute Gasteiger partial charge is 0.0318 e. The number of hydrogen-bond acceptors (Lipinski definition) is 1. The molecular formula is C14H24N2. The molecule has 0 amide bonds. The molecule has 0 radical (unpaired) electrons. The van der Waals surface area contributed by atoms with Gasteiger partial charge in [0.2, 0.25) is 0 Å². The maximum atomic E-state index is 6.26. The lowest BCUT2D eigenvalue weighted by molar-refractivity contribution is 0.272. The van der Waals surface area contributed by atoms with E-state index >= 15 is 0 Å². The Labute approximate surface area is 98.8 Å². The van der Waals surface area contributed by atoms with Gasteiger partial charge in [-0.25, -0.2) is 0 Å². The third-order valence-electron chi connectivity index (χ3n) is 3.94. The van der Waals surface area contributed by atoms with Gasteiger partial charge in [0.15, 0.2) is 0 Å². The molecule has 2 nitrogen and oxygen atoms in total. The van der Waals surface area contributed by atoms with E-state index < -0.39 is 0 Å². The summed E-state index contributed by atoms with van der Waals surface area (Å²) in [5, 5.41) is 0. The summed E-state index contributed by atoms with van der Waals surface area (Å²) in [5.74, 6) is 0. The van der Waals surface area contributed by atoms with Gasteiger partial charge < -0.3 is 10.3 Å². The summed E-state index contributed by atoms with van der Waals surface area (Å²) in [6.45, 7) is 9.17. The Kier molecular flexibility index (Phi) is 2.87. The normalized spacial score (nSPS) is 25.2. The van der Waals surface area contributed by atoms with E-state index in [9.17, 15) is 0 Å². The van der Waals surface area contributed by atoms with Crippen molar-refractivity contribution in [1.82, 2.24) is 4.57 Å². The lowest BCUT2D eigenvalue weighted by Crippen LogP contribution is -2.30. The Hall–Kier alpha value is -0.760.